The van der Waals surface area contributed by atoms with Crippen molar-refractivity contribution in [2.75, 3.05) is 27.2 Å². The molecule has 0 atom stereocenters. The number of likely N-dealkylation sites (tertiary alicyclic amines) is 1. The maximum atomic E-state index is 10.6. The molecule has 1 aliphatic rings. The zero-order chi connectivity index (χ0) is 14.0. The molecule has 0 spiro atoms. The smallest absolute Gasteiger partial charge is 0.407 e. The lowest BCUT2D eigenvalue weighted by molar-refractivity contribution is 0.0252. The molecular formula is C14H20N2O3. The van der Waals surface area contributed by atoms with Gasteiger partial charge in [0, 0.05) is 6.54 Å². The summed E-state index contributed by atoms with van der Waals surface area (Å²) in [6.45, 7) is 3.88. The molecule has 1 aromatic rings. The first kappa shape index (κ1) is 13.7. The van der Waals surface area contributed by atoms with Crippen molar-refractivity contribution in [1.29, 1.82) is 0 Å². The van der Waals surface area contributed by atoms with Crippen LogP contribution in [0.3, 0.4) is 0 Å². The van der Waals surface area contributed by atoms with Crippen LogP contribution >= 0.6 is 0 Å². The van der Waals surface area contributed by atoms with Gasteiger partial charge in [0.05, 0.1) is 13.1 Å². The van der Waals surface area contributed by atoms with E-state index in [1.807, 2.05) is 26.2 Å². The van der Waals surface area contributed by atoms with E-state index in [0.29, 0.717) is 13.1 Å². The number of nitrogens with zero attached hydrogens (tertiary/aromatic N) is 2. The monoisotopic (exact) mass is 264 g/mol. The lowest BCUT2D eigenvalue weighted by Gasteiger charge is -2.36. The van der Waals surface area contributed by atoms with E-state index in [9.17, 15) is 4.79 Å². The molecule has 0 aromatic heterocycles. The summed E-state index contributed by atoms with van der Waals surface area (Å²) in [6, 6.07) is 6.04. The number of carboxylic acid groups (broad SMARTS) is 1. The Labute approximate surface area is 113 Å². The third-order valence-corrected chi connectivity index (χ3v) is 3.22. The van der Waals surface area contributed by atoms with Crippen molar-refractivity contribution in [2.45, 2.75) is 19.6 Å². The minimum Gasteiger partial charge on any atom is -0.487 e. The number of carbonyl (C=O) groups is 1. The van der Waals surface area contributed by atoms with E-state index in [1.54, 1.807) is 0 Å². The Bertz CT molecular complexity index is 468. The largest absolute Gasteiger partial charge is 0.487 e. The second kappa shape index (κ2) is 5.48. The number of hydrogen-bond acceptors (Lipinski definition) is 3. The third-order valence-electron chi connectivity index (χ3n) is 3.22. The number of ether oxygens (including phenoxy) is 1. The summed E-state index contributed by atoms with van der Waals surface area (Å²) in [5.41, 5.74) is 2.47. The molecule has 5 heteroatoms. The van der Waals surface area contributed by atoms with Crippen molar-refractivity contribution in [3.8, 4) is 5.75 Å². The van der Waals surface area contributed by atoms with E-state index < -0.39 is 6.09 Å². The number of hydrogen-bond donors (Lipinski definition) is 1. The van der Waals surface area contributed by atoms with Crippen LogP contribution in [-0.4, -0.2) is 54.3 Å². The predicted molar refractivity (Wildman–Crippen MR) is 72.6 cm³/mol. The van der Waals surface area contributed by atoms with Crippen LogP contribution in [0.25, 0.3) is 0 Å². The first-order valence-electron chi connectivity index (χ1n) is 6.34. The molecule has 5 nitrogen and oxygen atoms in total. The van der Waals surface area contributed by atoms with Gasteiger partial charge >= 0.3 is 6.09 Å². The first-order chi connectivity index (χ1) is 8.95. The summed E-state index contributed by atoms with van der Waals surface area (Å²) in [7, 11) is 4.08. The molecular weight excluding hydrogens is 244 g/mol. The van der Waals surface area contributed by atoms with Crippen LogP contribution in [-0.2, 0) is 6.54 Å². The highest BCUT2D eigenvalue weighted by molar-refractivity contribution is 5.66. The Kier molecular flexibility index (Phi) is 3.95. The molecule has 0 saturated carbocycles. The molecule has 1 aliphatic heterocycles. The van der Waals surface area contributed by atoms with Crippen molar-refractivity contribution in [1.82, 2.24) is 9.80 Å². The van der Waals surface area contributed by atoms with Gasteiger partial charge in [-0.3, -0.25) is 0 Å². The van der Waals surface area contributed by atoms with Crippen LogP contribution in [0.2, 0.25) is 0 Å². The van der Waals surface area contributed by atoms with Crippen LogP contribution < -0.4 is 4.74 Å². The molecule has 0 unspecified atom stereocenters. The summed E-state index contributed by atoms with van der Waals surface area (Å²) in [5.74, 6) is 0.815. The molecule has 2 rings (SSSR count). The number of rotatable bonds is 4. The van der Waals surface area contributed by atoms with E-state index in [1.165, 1.54) is 16.0 Å². The zero-order valence-electron chi connectivity index (χ0n) is 11.6. The normalized spacial score (nSPS) is 15.5. The first-order valence-corrected chi connectivity index (χ1v) is 6.34. The molecule has 104 valence electrons. The number of benzene rings is 1. The van der Waals surface area contributed by atoms with Gasteiger partial charge in [-0.25, -0.2) is 4.79 Å². The second-order valence-corrected chi connectivity index (χ2v) is 5.25. The third kappa shape index (κ3) is 3.38. The minimum atomic E-state index is -0.877. The highest BCUT2D eigenvalue weighted by Crippen LogP contribution is 2.22. The average Bonchev–Trinajstić information content (AvgIpc) is 2.25. The number of amides is 1. The minimum absolute atomic E-state index is 0.0183. The molecule has 0 radical (unpaired) electrons. The quantitative estimate of drug-likeness (QED) is 0.901. The summed E-state index contributed by atoms with van der Waals surface area (Å²) < 4.78 is 5.75. The predicted octanol–water partition coefficient (Wildman–Crippen LogP) is 1.80. The van der Waals surface area contributed by atoms with Gasteiger partial charge in [-0.05, 0) is 44.3 Å². The number of aryl methyl sites for hydroxylation is 1. The van der Waals surface area contributed by atoms with Gasteiger partial charge in [-0.15, -0.1) is 0 Å². The fraction of sp³-hybridized carbons (Fsp3) is 0.500. The van der Waals surface area contributed by atoms with Crippen molar-refractivity contribution in [2.24, 2.45) is 0 Å². The van der Waals surface area contributed by atoms with Gasteiger partial charge in [0.15, 0.2) is 0 Å². The molecule has 19 heavy (non-hydrogen) atoms. The van der Waals surface area contributed by atoms with Gasteiger partial charge in [-0.1, -0.05) is 6.07 Å². The molecule has 0 bridgehead atoms. The van der Waals surface area contributed by atoms with Crippen LogP contribution in [0, 0.1) is 6.92 Å². The lowest BCUT2D eigenvalue weighted by Crippen LogP contribution is -2.55. The Morgan fingerprint density at radius 2 is 2.16 bits per heavy atom. The Balaban J connectivity index is 1.92. The summed E-state index contributed by atoms with van der Waals surface area (Å²) in [4.78, 5) is 14.1. The van der Waals surface area contributed by atoms with Gasteiger partial charge in [0.1, 0.15) is 11.9 Å². The highest BCUT2D eigenvalue weighted by Gasteiger charge is 2.32. The summed E-state index contributed by atoms with van der Waals surface area (Å²) in [6.07, 6.45) is -0.896. The topological polar surface area (TPSA) is 53.0 Å². The average molecular weight is 264 g/mol. The van der Waals surface area contributed by atoms with E-state index in [0.717, 1.165) is 12.3 Å². The van der Waals surface area contributed by atoms with Gasteiger partial charge in [-0.2, -0.15) is 0 Å². The van der Waals surface area contributed by atoms with E-state index >= 15 is 0 Å². The van der Waals surface area contributed by atoms with Crippen molar-refractivity contribution in [3.63, 3.8) is 0 Å². The molecule has 1 saturated heterocycles. The van der Waals surface area contributed by atoms with Crippen LogP contribution in [0.15, 0.2) is 18.2 Å². The molecule has 1 N–H and O–H groups in total. The van der Waals surface area contributed by atoms with Crippen molar-refractivity contribution in [3.05, 3.63) is 29.3 Å². The van der Waals surface area contributed by atoms with Crippen molar-refractivity contribution < 1.29 is 14.6 Å². The standard InChI is InChI=1S/C14H20N2O3/c1-10-6-12(5-4-11(10)7-15(2)3)19-13-8-16(9-13)14(17)18/h4-6,13H,7-9H2,1-3H3,(H,17,18). The Morgan fingerprint density at radius 1 is 1.47 bits per heavy atom. The van der Waals surface area contributed by atoms with E-state index in [4.69, 9.17) is 9.84 Å². The highest BCUT2D eigenvalue weighted by atomic mass is 16.5. The van der Waals surface area contributed by atoms with Crippen molar-refractivity contribution >= 4 is 6.09 Å². The van der Waals surface area contributed by atoms with Crippen LogP contribution in [0.5, 0.6) is 5.75 Å². The molecule has 0 aliphatic carbocycles. The second-order valence-electron chi connectivity index (χ2n) is 5.25. The van der Waals surface area contributed by atoms with E-state index in [2.05, 4.69) is 17.9 Å². The molecule has 1 fully saturated rings. The van der Waals surface area contributed by atoms with E-state index in [-0.39, 0.29) is 6.10 Å². The van der Waals surface area contributed by atoms with Crippen LogP contribution in [0.4, 0.5) is 4.79 Å². The summed E-state index contributed by atoms with van der Waals surface area (Å²) >= 11 is 0. The maximum Gasteiger partial charge on any atom is 0.407 e. The Hall–Kier alpha value is -1.75. The zero-order valence-corrected chi connectivity index (χ0v) is 11.6. The summed E-state index contributed by atoms with van der Waals surface area (Å²) in [5, 5.41) is 8.75. The Morgan fingerprint density at radius 3 is 2.68 bits per heavy atom. The fourth-order valence-electron chi connectivity index (χ4n) is 2.12. The molecule has 1 aromatic carbocycles. The van der Waals surface area contributed by atoms with Gasteiger partial charge in [0.25, 0.3) is 0 Å². The van der Waals surface area contributed by atoms with Crippen LogP contribution in [0.1, 0.15) is 11.1 Å². The SMILES string of the molecule is Cc1cc(OC2CN(C(=O)O)C2)ccc1CN(C)C. The fourth-order valence-corrected chi connectivity index (χ4v) is 2.12. The molecule has 1 amide bonds. The van der Waals surface area contributed by atoms with Gasteiger partial charge < -0.3 is 19.6 Å². The maximum absolute atomic E-state index is 10.6. The van der Waals surface area contributed by atoms with Gasteiger partial charge in [0.2, 0.25) is 0 Å². The molecule has 1 heterocycles. The lowest BCUT2D eigenvalue weighted by atomic mass is 10.1.